The van der Waals surface area contributed by atoms with Gasteiger partial charge in [-0.05, 0) is 63.1 Å². The summed E-state index contributed by atoms with van der Waals surface area (Å²) in [4.78, 5) is 9.65. The number of hydrogen-bond acceptors (Lipinski definition) is 4. The molecule has 0 amide bonds. The van der Waals surface area contributed by atoms with Crippen LogP contribution < -0.4 is 4.90 Å². The van der Waals surface area contributed by atoms with Crippen molar-refractivity contribution in [3.8, 4) is 0 Å². The molecule has 0 saturated carbocycles. The highest BCUT2D eigenvalue weighted by molar-refractivity contribution is 5.37. The molecule has 3 heterocycles. The molecule has 24 heavy (non-hydrogen) atoms. The van der Waals surface area contributed by atoms with Gasteiger partial charge < -0.3 is 14.5 Å². The Hall–Kier alpha value is -1.13. The monoisotopic (exact) mass is 331 g/mol. The maximum absolute atomic E-state index is 5.52. The molecule has 3 rings (SSSR count). The standard InChI is InChI=1S/C20H33N3O/c1-22(2)20-8-5-6-18(21-20)9-10-19-7-3-4-13-23(19)16-17-11-14-24-15-12-17/h5-6,8,17,19H,3-4,7,9-16H2,1-2H3/t19-/m0/s1. The predicted molar refractivity (Wildman–Crippen MR) is 99.6 cm³/mol. The Labute approximate surface area is 147 Å². The smallest absolute Gasteiger partial charge is 0.128 e. The van der Waals surface area contributed by atoms with Crippen molar-refractivity contribution in [3.05, 3.63) is 23.9 Å². The van der Waals surface area contributed by atoms with Crippen molar-refractivity contribution < 1.29 is 4.74 Å². The molecular formula is C20H33N3O. The van der Waals surface area contributed by atoms with Crippen molar-refractivity contribution in [2.24, 2.45) is 5.92 Å². The number of hydrogen-bond donors (Lipinski definition) is 0. The van der Waals surface area contributed by atoms with Crippen LogP contribution in [-0.4, -0.2) is 56.3 Å². The first kappa shape index (κ1) is 17.7. The Kier molecular flexibility index (Phi) is 6.50. The van der Waals surface area contributed by atoms with Crippen LogP contribution in [0.15, 0.2) is 18.2 Å². The van der Waals surface area contributed by atoms with Crippen molar-refractivity contribution in [1.82, 2.24) is 9.88 Å². The van der Waals surface area contributed by atoms with Crippen LogP contribution in [0.25, 0.3) is 0 Å². The minimum Gasteiger partial charge on any atom is -0.381 e. The summed E-state index contributed by atoms with van der Waals surface area (Å²) >= 11 is 0. The summed E-state index contributed by atoms with van der Waals surface area (Å²) in [5, 5.41) is 0. The maximum Gasteiger partial charge on any atom is 0.128 e. The lowest BCUT2D eigenvalue weighted by Gasteiger charge is -2.39. The van der Waals surface area contributed by atoms with Gasteiger partial charge in [0.1, 0.15) is 5.82 Å². The molecule has 0 unspecified atom stereocenters. The van der Waals surface area contributed by atoms with Crippen molar-refractivity contribution in [2.45, 2.75) is 51.0 Å². The van der Waals surface area contributed by atoms with Gasteiger partial charge in [-0.1, -0.05) is 12.5 Å². The fourth-order valence-electron chi connectivity index (χ4n) is 4.06. The highest BCUT2D eigenvalue weighted by Gasteiger charge is 2.25. The Morgan fingerprint density at radius 2 is 2.00 bits per heavy atom. The summed E-state index contributed by atoms with van der Waals surface area (Å²) in [5.41, 5.74) is 1.23. The van der Waals surface area contributed by atoms with Crippen LogP contribution in [0.3, 0.4) is 0 Å². The van der Waals surface area contributed by atoms with E-state index in [0.29, 0.717) is 0 Å². The summed E-state index contributed by atoms with van der Waals surface area (Å²) in [6.07, 6.45) is 8.94. The van der Waals surface area contributed by atoms with E-state index in [4.69, 9.17) is 9.72 Å². The molecular weight excluding hydrogens is 298 g/mol. The minimum atomic E-state index is 0.742. The Balaban J connectivity index is 1.54. The van der Waals surface area contributed by atoms with Gasteiger partial charge in [0, 0.05) is 45.6 Å². The van der Waals surface area contributed by atoms with Gasteiger partial charge in [-0.15, -0.1) is 0 Å². The van der Waals surface area contributed by atoms with E-state index < -0.39 is 0 Å². The van der Waals surface area contributed by atoms with Gasteiger partial charge in [0.15, 0.2) is 0 Å². The molecule has 2 saturated heterocycles. The van der Waals surface area contributed by atoms with Gasteiger partial charge in [0.2, 0.25) is 0 Å². The van der Waals surface area contributed by atoms with Crippen LogP contribution in [0.1, 0.15) is 44.2 Å². The fraction of sp³-hybridized carbons (Fsp3) is 0.750. The number of pyridine rings is 1. The molecule has 2 fully saturated rings. The average molecular weight is 332 g/mol. The number of ether oxygens (including phenoxy) is 1. The van der Waals surface area contributed by atoms with Gasteiger partial charge in [-0.3, -0.25) is 0 Å². The lowest BCUT2D eigenvalue weighted by atomic mass is 9.93. The SMILES string of the molecule is CN(C)c1cccc(CC[C@@H]2CCCCN2CC2CCOCC2)n1. The van der Waals surface area contributed by atoms with E-state index in [0.717, 1.165) is 37.4 Å². The molecule has 4 nitrogen and oxygen atoms in total. The minimum absolute atomic E-state index is 0.742. The van der Waals surface area contributed by atoms with E-state index in [-0.39, 0.29) is 0 Å². The molecule has 4 heteroatoms. The number of aromatic nitrogens is 1. The first-order valence-corrected chi connectivity index (χ1v) is 9.67. The van der Waals surface area contributed by atoms with Gasteiger partial charge in [-0.2, -0.15) is 0 Å². The number of nitrogens with zero attached hydrogens (tertiary/aromatic N) is 3. The van der Waals surface area contributed by atoms with E-state index in [1.807, 2.05) is 0 Å². The molecule has 0 aromatic carbocycles. The summed E-state index contributed by atoms with van der Waals surface area (Å²) < 4.78 is 5.52. The molecule has 1 aromatic rings. The van der Waals surface area contributed by atoms with E-state index in [2.05, 4.69) is 42.1 Å². The lowest BCUT2D eigenvalue weighted by molar-refractivity contribution is 0.0373. The Morgan fingerprint density at radius 3 is 2.79 bits per heavy atom. The molecule has 0 N–H and O–H groups in total. The third kappa shape index (κ3) is 4.93. The average Bonchev–Trinajstić information content (AvgIpc) is 2.62. The van der Waals surface area contributed by atoms with E-state index in [1.165, 1.54) is 57.3 Å². The summed E-state index contributed by atoms with van der Waals surface area (Å²) in [5.74, 6) is 1.91. The summed E-state index contributed by atoms with van der Waals surface area (Å²) in [6, 6.07) is 7.14. The number of piperidine rings is 1. The molecule has 0 aliphatic carbocycles. The lowest BCUT2D eigenvalue weighted by Crippen LogP contribution is -2.43. The largest absolute Gasteiger partial charge is 0.381 e. The van der Waals surface area contributed by atoms with Crippen LogP contribution in [0.4, 0.5) is 5.82 Å². The molecule has 1 aromatic heterocycles. The Bertz CT molecular complexity index is 499. The first-order chi connectivity index (χ1) is 11.7. The number of likely N-dealkylation sites (tertiary alicyclic amines) is 1. The molecule has 0 bridgehead atoms. The topological polar surface area (TPSA) is 28.6 Å². The zero-order chi connectivity index (χ0) is 16.8. The van der Waals surface area contributed by atoms with Gasteiger partial charge in [-0.25, -0.2) is 4.98 Å². The highest BCUT2D eigenvalue weighted by Crippen LogP contribution is 2.25. The van der Waals surface area contributed by atoms with Crippen LogP contribution in [0.2, 0.25) is 0 Å². The van der Waals surface area contributed by atoms with E-state index in [1.54, 1.807) is 0 Å². The Morgan fingerprint density at radius 1 is 1.17 bits per heavy atom. The van der Waals surface area contributed by atoms with Crippen LogP contribution >= 0.6 is 0 Å². The molecule has 134 valence electrons. The second-order valence-electron chi connectivity index (χ2n) is 7.62. The van der Waals surface area contributed by atoms with Crippen LogP contribution in [0, 0.1) is 5.92 Å². The second kappa shape index (κ2) is 8.82. The molecule has 2 aliphatic rings. The summed E-state index contributed by atoms with van der Waals surface area (Å²) in [7, 11) is 4.12. The number of rotatable bonds is 6. The van der Waals surface area contributed by atoms with Gasteiger partial charge in [0.25, 0.3) is 0 Å². The van der Waals surface area contributed by atoms with Crippen molar-refractivity contribution in [3.63, 3.8) is 0 Å². The fourth-order valence-corrected chi connectivity index (χ4v) is 4.06. The van der Waals surface area contributed by atoms with Gasteiger partial charge in [0.05, 0.1) is 0 Å². The normalized spacial score (nSPS) is 23.3. The summed E-state index contributed by atoms with van der Waals surface area (Å²) in [6.45, 7) is 4.49. The van der Waals surface area contributed by atoms with Crippen molar-refractivity contribution in [1.29, 1.82) is 0 Å². The van der Waals surface area contributed by atoms with Crippen LogP contribution in [-0.2, 0) is 11.2 Å². The third-order valence-electron chi connectivity index (χ3n) is 5.57. The highest BCUT2D eigenvalue weighted by atomic mass is 16.5. The predicted octanol–water partition coefficient (Wildman–Crippen LogP) is 3.36. The van der Waals surface area contributed by atoms with Crippen molar-refractivity contribution in [2.75, 3.05) is 45.3 Å². The zero-order valence-electron chi connectivity index (χ0n) is 15.4. The van der Waals surface area contributed by atoms with Gasteiger partial charge >= 0.3 is 0 Å². The molecule has 0 spiro atoms. The first-order valence-electron chi connectivity index (χ1n) is 9.67. The van der Waals surface area contributed by atoms with E-state index >= 15 is 0 Å². The molecule has 2 aliphatic heterocycles. The third-order valence-corrected chi connectivity index (χ3v) is 5.57. The quantitative estimate of drug-likeness (QED) is 0.799. The second-order valence-corrected chi connectivity index (χ2v) is 7.62. The van der Waals surface area contributed by atoms with Crippen LogP contribution in [0.5, 0.6) is 0 Å². The number of aryl methyl sites for hydroxylation is 1. The number of anilines is 1. The van der Waals surface area contributed by atoms with Crippen molar-refractivity contribution >= 4 is 5.82 Å². The zero-order valence-corrected chi connectivity index (χ0v) is 15.4. The maximum atomic E-state index is 5.52. The van der Waals surface area contributed by atoms with E-state index in [9.17, 15) is 0 Å². The molecule has 0 radical (unpaired) electrons. The molecule has 1 atom stereocenters.